The first-order chi connectivity index (χ1) is 14.3. The first kappa shape index (κ1) is 21.2. The summed E-state index contributed by atoms with van der Waals surface area (Å²) >= 11 is 25.3. The Hall–Kier alpha value is -2.03. The first-order valence-electron chi connectivity index (χ1n) is 8.38. The van der Waals surface area contributed by atoms with Gasteiger partial charge in [0.25, 0.3) is 5.56 Å². The Morgan fingerprint density at radius 3 is 2.57 bits per heavy atom. The van der Waals surface area contributed by atoms with Crippen LogP contribution in [0, 0.1) is 0 Å². The zero-order valence-corrected chi connectivity index (χ0v) is 18.7. The number of fused-ring (bicyclic) bond motifs is 1. The Labute approximate surface area is 194 Å². The monoisotopic (exact) mass is 498 g/mol. The molecule has 0 aliphatic carbocycles. The van der Waals surface area contributed by atoms with Gasteiger partial charge in [-0.1, -0.05) is 58.2 Å². The van der Waals surface area contributed by atoms with Crippen molar-refractivity contribution in [3.05, 3.63) is 78.6 Å². The molecule has 0 radical (unpaired) electrons. The van der Waals surface area contributed by atoms with Gasteiger partial charge in [0.05, 0.1) is 32.7 Å². The molecule has 30 heavy (non-hydrogen) atoms. The molecule has 4 aromatic rings. The van der Waals surface area contributed by atoms with Gasteiger partial charge in [-0.05, 0) is 36.4 Å². The van der Waals surface area contributed by atoms with E-state index in [0.29, 0.717) is 32.3 Å². The van der Waals surface area contributed by atoms with Crippen molar-refractivity contribution in [2.24, 2.45) is 0 Å². The van der Waals surface area contributed by atoms with Crippen LogP contribution in [0.4, 0.5) is 0 Å². The van der Waals surface area contributed by atoms with Crippen LogP contribution >= 0.6 is 58.2 Å². The van der Waals surface area contributed by atoms with Crippen molar-refractivity contribution in [3.63, 3.8) is 0 Å². The highest BCUT2D eigenvalue weighted by Gasteiger charge is 2.18. The van der Waals surface area contributed by atoms with Crippen LogP contribution < -0.4 is 5.56 Å². The van der Waals surface area contributed by atoms with Gasteiger partial charge in [-0.25, -0.2) is 4.98 Å². The SMILES string of the molecule is O=C(CSc1nc2[nH]ncc2c(=O)n1-c1ccc(Cl)cc1Cl)c1ccc(Cl)c(Cl)c1. The van der Waals surface area contributed by atoms with Crippen molar-refractivity contribution in [2.45, 2.75) is 5.16 Å². The van der Waals surface area contributed by atoms with Crippen LogP contribution in [0.5, 0.6) is 0 Å². The summed E-state index contributed by atoms with van der Waals surface area (Å²) in [6.45, 7) is 0. The molecule has 0 saturated heterocycles. The third-order valence-electron chi connectivity index (χ3n) is 4.18. The summed E-state index contributed by atoms with van der Waals surface area (Å²) in [6.07, 6.45) is 1.39. The smallest absolute Gasteiger partial charge is 0.269 e. The van der Waals surface area contributed by atoms with Gasteiger partial charge in [0.1, 0.15) is 5.39 Å². The highest BCUT2D eigenvalue weighted by molar-refractivity contribution is 7.99. The van der Waals surface area contributed by atoms with Crippen molar-refractivity contribution in [1.29, 1.82) is 0 Å². The molecule has 0 spiro atoms. The molecule has 0 atom stereocenters. The largest absolute Gasteiger partial charge is 0.293 e. The lowest BCUT2D eigenvalue weighted by atomic mass is 10.1. The molecule has 152 valence electrons. The molecular formula is C19H10Cl4N4O2S. The summed E-state index contributed by atoms with van der Waals surface area (Å²) in [5, 5.41) is 8.46. The lowest BCUT2D eigenvalue weighted by Gasteiger charge is -2.13. The first-order valence-corrected chi connectivity index (χ1v) is 10.9. The third-order valence-corrected chi connectivity index (χ3v) is 6.39. The fourth-order valence-electron chi connectivity index (χ4n) is 2.73. The van der Waals surface area contributed by atoms with Crippen molar-refractivity contribution >= 4 is 75.0 Å². The summed E-state index contributed by atoms with van der Waals surface area (Å²) in [5.74, 6) is -0.193. The van der Waals surface area contributed by atoms with Crippen LogP contribution in [0.3, 0.4) is 0 Å². The van der Waals surface area contributed by atoms with Crippen molar-refractivity contribution in [1.82, 2.24) is 19.7 Å². The fourth-order valence-corrected chi connectivity index (χ4v) is 4.41. The van der Waals surface area contributed by atoms with E-state index in [4.69, 9.17) is 46.4 Å². The van der Waals surface area contributed by atoms with E-state index in [9.17, 15) is 9.59 Å². The van der Waals surface area contributed by atoms with E-state index < -0.39 is 0 Å². The van der Waals surface area contributed by atoms with E-state index in [2.05, 4.69) is 15.2 Å². The normalized spacial score (nSPS) is 11.2. The number of benzene rings is 2. The number of hydrogen-bond acceptors (Lipinski definition) is 5. The maximum atomic E-state index is 13.1. The highest BCUT2D eigenvalue weighted by atomic mass is 35.5. The Morgan fingerprint density at radius 2 is 1.83 bits per heavy atom. The maximum Gasteiger partial charge on any atom is 0.269 e. The van der Waals surface area contributed by atoms with E-state index in [0.717, 1.165) is 11.8 Å². The number of nitrogens with one attached hydrogen (secondary N) is 1. The summed E-state index contributed by atoms with van der Waals surface area (Å²) in [6, 6.07) is 9.40. The topological polar surface area (TPSA) is 80.6 Å². The molecule has 0 aliphatic heterocycles. The molecule has 1 N–H and O–H groups in total. The summed E-state index contributed by atoms with van der Waals surface area (Å²) in [7, 11) is 0. The van der Waals surface area contributed by atoms with E-state index in [-0.39, 0.29) is 32.3 Å². The van der Waals surface area contributed by atoms with Crippen molar-refractivity contribution in [2.75, 3.05) is 5.75 Å². The van der Waals surface area contributed by atoms with E-state index in [1.165, 1.54) is 22.9 Å². The lowest BCUT2D eigenvalue weighted by Crippen LogP contribution is -2.22. The third kappa shape index (κ3) is 4.08. The lowest BCUT2D eigenvalue weighted by molar-refractivity contribution is 0.102. The predicted octanol–water partition coefficient (Wildman–Crippen LogP) is 5.70. The van der Waals surface area contributed by atoms with Crippen LogP contribution in [0.1, 0.15) is 10.4 Å². The van der Waals surface area contributed by atoms with Crippen LogP contribution in [-0.4, -0.2) is 31.3 Å². The minimum atomic E-state index is -0.373. The number of aromatic amines is 1. The van der Waals surface area contributed by atoms with Gasteiger partial charge in [0, 0.05) is 10.6 Å². The average molecular weight is 500 g/mol. The molecule has 0 aliphatic rings. The molecule has 0 bridgehead atoms. The number of ketones is 1. The molecule has 0 unspecified atom stereocenters. The number of aromatic nitrogens is 4. The molecule has 2 aromatic heterocycles. The van der Waals surface area contributed by atoms with E-state index in [1.54, 1.807) is 24.3 Å². The Morgan fingerprint density at radius 1 is 1.03 bits per heavy atom. The second kappa shape index (κ2) is 8.61. The highest BCUT2D eigenvalue weighted by Crippen LogP contribution is 2.29. The molecule has 6 nitrogen and oxygen atoms in total. The van der Waals surface area contributed by atoms with Gasteiger partial charge >= 0.3 is 0 Å². The zero-order chi connectivity index (χ0) is 21.4. The number of halogens is 4. The minimum absolute atomic E-state index is 0.00918. The van der Waals surface area contributed by atoms with Crippen LogP contribution in [0.2, 0.25) is 20.1 Å². The zero-order valence-electron chi connectivity index (χ0n) is 14.8. The van der Waals surface area contributed by atoms with Gasteiger partial charge in [-0.3, -0.25) is 19.3 Å². The van der Waals surface area contributed by atoms with Gasteiger partial charge < -0.3 is 0 Å². The van der Waals surface area contributed by atoms with Crippen LogP contribution in [-0.2, 0) is 0 Å². The van der Waals surface area contributed by atoms with Crippen molar-refractivity contribution < 1.29 is 4.79 Å². The van der Waals surface area contributed by atoms with Crippen LogP contribution in [0.15, 0.2) is 52.5 Å². The summed E-state index contributed by atoms with van der Waals surface area (Å²) in [4.78, 5) is 30.2. The number of thioether (sulfide) groups is 1. The second-order valence-electron chi connectivity index (χ2n) is 6.10. The standard InChI is InChI=1S/C19H10Cl4N4O2S/c20-10-2-4-15(14(23)6-10)27-18(29)11-7-24-26-17(11)25-19(27)30-8-16(28)9-1-3-12(21)13(22)5-9/h1-7H,8H2,(H,24,26). The number of H-pyrrole nitrogens is 1. The Balaban J connectivity index is 1.75. The van der Waals surface area contributed by atoms with Gasteiger partial charge in [-0.15, -0.1) is 0 Å². The number of Topliss-reactive ketones (excluding diaryl/α,β-unsaturated/α-hetero) is 1. The number of hydrogen-bond donors (Lipinski definition) is 1. The maximum absolute atomic E-state index is 13.1. The Kier molecular flexibility index (Phi) is 6.09. The molecule has 11 heteroatoms. The molecular weight excluding hydrogens is 490 g/mol. The van der Waals surface area contributed by atoms with Gasteiger partial charge in [0.2, 0.25) is 0 Å². The number of nitrogens with zero attached hydrogens (tertiary/aromatic N) is 3. The predicted molar refractivity (Wildman–Crippen MR) is 121 cm³/mol. The second-order valence-corrected chi connectivity index (χ2v) is 8.70. The van der Waals surface area contributed by atoms with Gasteiger partial charge in [-0.2, -0.15) is 5.10 Å². The van der Waals surface area contributed by atoms with Crippen molar-refractivity contribution in [3.8, 4) is 5.69 Å². The molecule has 0 amide bonds. The quantitative estimate of drug-likeness (QED) is 0.216. The molecule has 0 fully saturated rings. The number of carbonyl (C=O) groups excluding carboxylic acids is 1. The number of rotatable bonds is 5. The summed E-state index contributed by atoms with van der Waals surface area (Å²) in [5.41, 5.74) is 0.734. The average Bonchev–Trinajstić information content (AvgIpc) is 3.18. The fraction of sp³-hybridized carbons (Fsp3) is 0.0526. The van der Waals surface area contributed by atoms with E-state index >= 15 is 0 Å². The Bertz CT molecular complexity index is 1350. The molecule has 2 heterocycles. The minimum Gasteiger partial charge on any atom is -0.293 e. The van der Waals surface area contributed by atoms with Gasteiger partial charge in [0.15, 0.2) is 16.6 Å². The molecule has 4 rings (SSSR count). The van der Waals surface area contributed by atoms with Crippen LogP contribution in [0.25, 0.3) is 16.7 Å². The summed E-state index contributed by atoms with van der Waals surface area (Å²) < 4.78 is 1.34. The number of carbonyl (C=O) groups is 1. The molecule has 2 aromatic carbocycles. The molecule has 0 saturated carbocycles. The van der Waals surface area contributed by atoms with E-state index in [1.807, 2.05) is 0 Å².